The van der Waals surface area contributed by atoms with E-state index >= 15 is 0 Å². The topological polar surface area (TPSA) is 6.48 Å². The Morgan fingerprint density at radius 1 is 0.458 bits per heavy atom. The summed E-state index contributed by atoms with van der Waals surface area (Å²) in [4.78, 5) is 4.68. The third kappa shape index (κ3) is 4.66. The molecular weight excluding hydrogens is 603 g/mol. The van der Waals surface area contributed by atoms with E-state index in [1.165, 1.54) is 38.2 Å². The van der Waals surface area contributed by atoms with Gasteiger partial charge in [0.25, 0.3) is 0 Å². The van der Waals surface area contributed by atoms with E-state index in [9.17, 15) is 0 Å². The zero-order valence-electron chi connectivity index (χ0n) is 26.2. The van der Waals surface area contributed by atoms with Crippen LogP contribution < -0.4 is 26.2 Å². The minimum absolute atomic E-state index is 0.0936. The number of halogens is 1. The zero-order chi connectivity index (χ0) is 32.0. The Hall–Kier alpha value is -5.77. The molecule has 0 bridgehead atoms. The number of benzene rings is 8. The van der Waals surface area contributed by atoms with Crippen LogP contribution in [0.25, 0.3) is 21.5 Å². The van der Waals surface area contributed by atoms with Crippen LogP contribution in [0, 0.1) is 0 Å². The lowest BCUT2D eigenvalue weighted by Gasteiger charge is -2.38. The van der Waals surface area contributed by atoms with Crippen molar-refractivity contribution in [2.45, 2.75) is 0 Å². The van der Waals surface area contributed by atoms with Gasteiger partial charge in [0.05, 0.1) is 10.7 Å². The summed E-state index contributed by atoms with van der Waals surface area (Å²) in [7, 11) is 0. The Balaban J connectivity index is 1.30. The van der Waals surface area contributed by atoms with Crippen LogP contribution >= 0.6 is 11.6 Å². The number of nitrogens with zero attached hydrogens (tertiary/aromatic N) is 2. The lowest BCUT2D eigenvalue weighted by Crippen LogP contribution is -2.57. The second kappa shape index (κ2) is 11.8. The van der Waals surface area contributed by atoms with Crippen molar-refractivity contribution in [3.63, 3.8) is 0 Å². The predicted molar refractivity (Wildman–Crippen MR) is 207 cm³/mol. The van der Waals surface area contributed by atoms with E-state index < -0.39 is 0 Å². The van der Waals surface area contributed by atoms with Gasteiger partial charge in [-0.2, -0.15) is 0 Å². The number of para-hydroxylation sites is 3. The van der Waals surface area contributed by atoms with Crippen LogP contribution in [-0.4, -0.2) is 6.71 Å². The van der Waals surface area contributed by atoms with Gasteiger partial charge < -0.3 is 9.80 Å². The van der Waals surface area contributed by atoms with Gasteiger partial charge in [0, 0.05) is 28.4 Å². The molecule has 8 aromatic carbocycles. The van der Waals surface area contributed by atoms with Crippen molar-refractivity contribution in [1.29, 1.82) is 0 Å². The molecule has 0 aromatic heterocycles. The highest BCUT2D eigenvalue weighted by Crippen LogP contribution is 2.41. The Bertz CT molecular complexity index is 2440. The second-order valence-corrected chi connectivity index (χ2v) is 12.6. The van der Waals surface area contributed by atoms with Gasteiger partial charge in [0.1, 0.15) is 0 Å². The van der Waals surface area contributed by atoms with Gasteiger partial charge >= 0.3 is 0 Å². The number of hydrogen-bond acceptors (Lipinski definition) is 2. The van der Waals surface area contributed by atoms with Gasteiger partial charge in [-0.25, -0.2) is 0 Å². The minimum atomic E-state index is -0.0936. The average Bonchev–Trinajstić information content (AvgIpc) is 3.15. The molecule has 48 heavy (non-hydrogen) atoms. The summed E-state index contributed by atoms with van der Waals surface area (Å²) in [5.41, 5.74) is 10.1. The number of fused-ring (bicyclic) bond motifs is 5. The monoisotopic (exact) mass is 632 g/mol. The van der Waals surface area contributed by atoms with Crippen molar-refractivity contribution in [3.8, 4) is 0 Å². The average molecular weight is 633 g/mol. The molecule has 0 unspecified atom stereocenters. The van der Waals surface area contributed by atoms with Gasteiger partial charge in [-0.05, 0) is 92.5 Å². The first-order valence-corrected chi connectivity index (χ1v) is 16.7. The third-order valence-corrected chi connectivity index (χ3v) is 9.96. The number of rotatable bonds is 5. The Kier molecular flexibility index (Phi) is 6.99. The Labute approximate surface area is 286 Å². The van der Waals surface area contributed by atoms with Crippen molar-refractivity contribution in [1.82, 2.24) is 0 Å². The Morgan fingerprint density at radius 3 is 1.94 bits per heavy atom. The van der Waals surface area contributed by atoms with Crippen molar-refractivity contribution < 1.29 is 0 Å². The summed E-state index contributed by atoms with van der Waals surface area (Å²) in [6.45, 7) is -0.0936. The highest BCUT2D eigenvalue weighted by atomic mass is 35.5. The minimum Gasteiger partial charge on any atom is -0.312 e. The zero-order valence-corrected chi connectivity index (χ0v) is 26.9. The number of anilines is 6. The third-order valence-electron chi connectivity index (χ3n) is 9.55. The molecule has 2 nitrogen and oxygen atoms in total. The van der Waals surface area contributed by atoms with Crippen LogP contribution in [0.15, 0.2) is 182 Å². The smallest absolute Gasteiger partial charge is 0.249 e. The summed E-state index contributed by atoms with van der Waals surface area (Å²) in [5.74, 6) is 0. The van der Waals surface area contributed by atoms with E-state index in [-0.39, 0.29) is 6.71 Å². The lowest BCUT2D eigenvalue weighted by molar-refractivity contribution is 1.29. The molecule has 1 aliphatic rings. The maximum atomic E-state index is 7.74. The van der Waals surface area contributed by atoms with Gasteiger partial charge in [-0.3, -0.25) is 0 Å². The predicted octanol–water partition coefficient (Wildman–Crippen LogP) is 10.4. The fourth-order valence-corrected chi connectivity index (χ4v) is 7.75. The van der Waals surface area contributed by atoms with Crippen LogP contribution in [0.4, 0.5) is 34.1 Å². The summed E-state index contributed by atoms with van der Waals surface area (Å²) in [6.07, 6.45) is 0. The first kappa shape index (κ1) is 28.5. The highest BCUT2D eigenvalue weighted by molar-refractivity contribution is 7.00. The molecule has 1 heterocycles. The highest BCUT2D eigenvalue weighted by Gasteiger charge is 2.38. The summed E-state index contributed by atoms with van der Waals surface area (Å²) in [5, 5.41) is 5.57. The molecule has 0 aliphatic carbocycles. The fraction of sp³-hybridized carbons (Fsp3) is 0. The van der Waals surface area contributed by atoms with Crippen molar-refractivity contribution in [3.05, 3.63) is 187 Å². The first-order valence-electron chi connectivity index (χ1n) is 16.3. The molecule has 8 aromatic rings. The summed E-state index contributed by atoms with van der Waals surface area (Å²) < 4.78 is 0. The van der Waals surface area contributed by atoms with Gasteiger partial charge in [-0.15, -0.1) is 0 Å². The molecule has 0 atom stereocenters. The van der Waals surface area contributed by atoms with E-state index in [2.05, 4.69) is 192 Å². The molecule has 0 saturated heterocycles. The van der Waals surface area contributed by atoms with E-state index in [4.69, 9.17) is 11.6 Å². The molecule has 0 fully saturated rings. The van der Waals surface area contributed by atoms with Crippen LogP contribution in [0.1, 0.15) is 0 Å². The van der Waals surface area contributed by atoms with Crippen LogP contribution in [0.5, 0.6) is 0 Å². The quantitative estimate of drug-likeness (QED) is 0.174. The Morgan fingerprint density at radius 2 is 1.10 bits per heavy atom. The SMILES string of the molecule is Clc1c(B2c3ccccc3N(c3ccccc3)c3ccc4ccccc4c32)cccc1N(c1ccccc1)c1ccc2ccccc2c1. The maximum absolute atomic E-state index is 7.74. The van der Waals surface area contributed by atoms with Crippen molar-refractivity contribution >= 4 is 90.4 Å². The normalized spacial score (nSPS) is 12.2. The summed E-state index contributed by atoms with van der Waals surface area (Å²) in [6, 6.07) is 64.8. The molecule has 0 saturated carbocycles. The maximum Gasteiger partial charge on any atom is 0.249 e. The molecule has 0 N–H and O–H groups in total. The van der Waals surface area contributed by atoms with Crippen molar-refractivity contribution in [2.24, 2.45) is 0 Å². The lowest BCUT2D eigenvalue weighted by atomic mass is 9.34. The molecule has 0 radical (unpaired) electrons. The molecule has 0 amide bonds. The van der Waals surface area contributed by atoms with Crippen molar-refractivity contribution in [2.75, 3.05) is 9.80 Å². The van der Waals surface area contributed by atoms with Gasteiger partial charge in [0.15, 0.2) is 0 Å². The first-order chi connectivity index (χ1) is 23.8. The second-order valence-electron chi connectivity index (χ2n) is 12.3. The van der Waals surface area contributed by atoms with E-state index in [0.717, 1.165) is 38.9 Å². The number of hydrogen-bond donors (Lipinski definition) is 0. The van der Waals surface area contributed by atoms with Gasteiger partial charge in [-0.1, -0.05) is 139 Å². The van der Waals surface area contributed by atoms with Crippen LogP contribution in [0.2, 0.25) is 5.02 Å². The largest absolute Gasteiger partial charge is 0.312 e. The van der Waals surface area contributed by atoms with E-state index in [1.54, 1.807) is 0 Å². The molecule has 4 heteroatoms. The molecule has 1 aliphatic heterocycles. The standard InChI is InChI=1S/C44H30BClN2/c46-44-39(23-13-25-42(44)47(34-17-3-1-4-18-34)36-28-26-31-14-7-8-16-33(31)30-36)45-38-22-11-12-24-40(38)48(35-19-5-2-6-20-35)41-29-27-32-15-9-10-21-37(32)43(41)45/h1-30H. The molecule has 0 spiro atoms. The molecule has 226 valence electrons. The summed E-state index contributed by atoms with van der Waals surface area (Å²) >= 11 is 7.74. The van der Waals surface area contributed by atoms with E-state index in [1.807, 2.05) is 0 Å². The van der Waals surface area contributed by atoms with Gasteiger partial charge in [0.2, 0.25) is 6.71 Å². The van der Waals surface area contributed by atoms with E-state index in [0.29, 0.717) is 0 Å². The van der Waals surface area contributed by atoms with Crippen LogP contribution in [0.3, 0.4) is 0 Å². The molecule has 9 rings (SSSR count). The molecular formula is C44H30BClN2. The van der Waals surface area contributed by atoms with Crippen LogP contribution in [-0.2, 0) is 0 Å². The fourth-order valence-electron chi connectivity index (χ4n) is 7.43.